The maximum Gasteiger partial charge on any atom is 0.173 e. The van der Waals surface area contributed by atoms with Gasteiger partial charge in [0, 0.05) is 6.04 Å². The molecule has 10 N–H and O–H groups in total. The summed E-state index contributed by atoms with van der Waals surface area (Å²) in [6, 6.07) is -2.45. The molecule has 11 nitrogen and oxygen atoms in total. The van der Waals surface area contributed by atoms with Gasteiger partial charge in [-0.3, -0.25) is 0 Å². The summed E-state index contributed by atoms with van der Waals surface area (Å²) in [7, 11) is 0. The minimum Gasteiger partial charge on any atom is -0.394 e. The van der Waals surface area contributed by atoms with Crippen LogP contribution in [0.3, 0.4) is 0 Å². The molecule has 11 heteroatoms. The molecule has 1 aliphatic heterocycles. The predicted octanol–water partition coefficient (Wildman–Crippen LogP) is -6.05. The van der Waals surface area contributed by atoms with E-state index in [4.69, 9.17) is 9.84 Å². The normalized spacial score (nSPS) is 53.1. The Kier molecular flexibility index (Phi) is 6.16. The molecule has 1 heterocycles. The molecule has 1 saturated carbocycles. The van der Waals surface area contributed by atoms with Crippen LogP contribution in [0.15, 0.2) is 0 Å². The van der Waals surface area contributed by atoms with Crippen molar-refractivity contribution in [3.8, 4) is 0 Å². The number of rotatable bonds is 4. The Morgan fingerprint density at radius 2 is 1.54 bits per heavy atom. The lowest BCUT2D eigenvalue weighted by molar-refractivity contribution is -0.261. The minimum absolute atomic E-state index is 0.404. The Bertz CT molecular complexity index is 428. The second-order valence-corrected chi connectivity index (χ2v) is 6.42. The van der Waals surface area contributed by atoms with E-state index in [1.54, 1.807) is 0 Å². The van der Waals surface area contributed by atoms with Crippen LogP contribution >= 0.6 is 0 Å². The zero-order chi connectivity index (χ0) is 18.2. The van der Waals surface area contributed by atoms with Gasteiger partial charge in [0.25, 0.3) is 0 Å². The zero-order valence-electron chi connectivity index (χ0n) is 12.8. The molecule has 1 unspecified atom stereocenters. The van der Waals surface area contributed by atoms with Crippen molar-refractivity contribution in [2.45, 2.75) is 67.0 Å². The molecule has 142 valence electrons. The molecule has 1 saturated heterocycles. The van der Waals surface area contributed by atoms with Gasteiger partial charge in [0.2, 0.25) is 0 Å². The molecule has 0 amide bonds. The second kappa shape index (κ2) is 7.43. The first kappa shape index (κ1) is 19.9. The molecule has 1 aliphatic carbocycles. The van der Waals surface area contributed by atoms with Gasteiger partial charge in [0.1, 0.15) is 36.1 Å². The molecule has 0 bridgehead atoms. The largest absolute Gasteiger partial charge is 0.394 e. The van der Waals surface area contributed by atoms with Gasteiger partial charge >= 0.3 is 0 Å². The van der Waals surface area contributed by atoms with Gasteiger partial charge in [0.05, 0.1) is 25.4 Å². The Morgan fingerprint density at radius 1 is 0.917 bits per heavy atom. The molecule has 2 rings (SSSR count). The molecule has 0 radical (unpaired) electrons. The van der Waals surface area contributed by atoms with Gasteiger partial charge in [-0.05, 0) is 6.42 Å². The highest BCUT2D eigenvalue weighted by Gasteiger charge is 2.53. The number of ether oxygens (including phenoxy) is 1. The average molecular weight is 355 g/mol. The monoisotopic (exact) mass is 355 g/mol. The van der Waals surface area contributed by atoms with E-state index in [1.807, 2.05) is 0 Å². The molecule has 0 spiro atoms. The summed E-state index contributed by atoms with van der Waals surface area (Å²) < 4.78 is 4.96. The zero-order valence-corrected chi connectivity index (χ0v) is 12.8. The van der Waals surface area contributed by atoms with Crippen molar-refractivity contribution in [2.75, 3.05) is 13.2 Å². The molecular formula is C13H25NO10. The van der Waals surface area contributed by atoms with Crippen LogP contribution in [-0.4, -0.2) is 120 Å². The maximum absolute atomic E-state index is 10.2. The third-order valence-corrected chi connectivity index (χ3v) is 4.79. The first-order valence-corrected chi connectivity index (χ1v) is 7.60. The SMILES string of the molecule is OC[C@H]1OC(O)[C@H](N[C@H]2C[C@](O)(CO)[C@@H](O)[C@H](O)[C@H]2O)[C@@H](O)[C@@H]1O. The van der Waals surface area contributed by atoms with E-state index >= 15 is 0 Å². The van der Waals surface area contributed by atoms with Crippen molar-refractivity contribution >= 4 is 0 Å². The van der Waals surface area contributed by atoms with E-state index in [1.165, 1.54) is 0 Å². The maximum atomic E-state index is 10.2. The van der Waals surface area contributed by atoms with E-state index in [9.17, 15) is 40.9 Å². The van der Waals surface area contributed by atoms with Crippen molar-refractivity contribution in [1.29, 1.82) is 0 Å². The molecule has 0 aromatic heterocycles. The first-order chi connectivity index (χ1) is 11.2. The van der Waals surface area contributed by atoms with Crippen molar-refractivity contribution in [1.82, 2.24) is 5.32 Å². The van der Waals surface area contributed by atoms with Gasteiger partial charge in [-0.15, -0.1) is 0 Å². The lowest BCUT2D eigenvalue weighted by atomic mass is 9.76. The number of nitrogens with one attached hydrogen (secondary N) is 1. The topological polar surface area (TPSA) is 203 Å². The van der Waals surface area contributed by atoms with Crippen LogP contribution in [0.4, 0.5) is 0 Å². The third-order valence-electron chi connectivity index (χ3n) is 4.79. The summed E-state index contributed by atoms with van der Waals surface area (Å²) in [5.41, 5.74) is -2.10. The van der Waals surface area contributed by atoms with E-state index in [0.717, 1.165) is 0 Å². The molecule has 2 fully saturated rings. The summed E-state index contributed by atoms with van der Waals surface area (Å²) >= 11 is 0. The van der Waals surface area contributed by atoms with Crippen molar-refractivity contribution in [2.24, 2.45) is 0 Å². The summed E-state index contributed by atoms with van der Waals surface area (Å²) in [4.78, 5) is 0. The number of hydrogen-bond donors (Lipinski definition) is 10. The molecule has 10 atom stereocenters. The molecule has 2 aliphatic rings. The van der Waals surface area contributed by atoms with Crippen LogP contribution in [0.1, 0.15) is 6.42 Å². The van der Waals surface area contributed by atoms with Crippen LogP contribution in [0.2, 0.25) is 0 Å². The Hall–Kier alpha value is -0.440. The third kappa shape index (κ3) is 3.43. The van der Waals surface area contributed by atoms with Crippen LogP contribution in [0.25, 0.3) is 0 Å². The van der Waals surface area contributed by atoms with Gasteiger partial charge in [0.15, 0.2) is 6.29 Å². The highest BCUT2D eigenvalue weighted by Crippen LogP contribution is 2.31. The Labute approximate surface area is 137 Å². The summed E-state index contributed by atoms with van der Waals surface area (Å²) in [6.07, 6.45) is -11.5. The molecule has 0 aromatic rings. The number of hydrogen-bond acceptors (Lipinski definition) is 11. The van der Waals surface area contributed by atoms with Gasteiger partial charge in [-0.2, -0.15) is 0 Å². The fourth-order valence-electron chi connectivity index (χ4n) is 3.20. The quantitative estimate of drug-likeness (QED) is 0.230. The average Bonchev–Trinajstić information content (AvgIpc) is 2.57. The smallest absolute Gasteiger partial charge is 0.173 e. The fourth-order valence-corrected chi connectivity index (χ4v) is 3.20. The second-order valence-electron chi connectivity index (χ2n) is 6.42. The van der Waals surface area contributed by atoms with Gasteiger partial charge in [-0.25, -0.2) is 0 Å². The number of aliphatic hydroxyl groups excluding tert-OH is 8. The van der Waals surface area contributed by atoms with E-state index in [0.29, 0.717) is 0 Å². The Morgan fingerprint density at radius 3 is 2.08 bits per heavy atom. The van der Waals surface area contributed by atoms with Crippen molar-refractivity contribution < 1.29 is 50.7 Å². The highest BCUT2D eigenvalue weighted by atomic mass is 16.6. The van der Waals surface area contributed by atoms with E-state index in [2.05, 4.69) is 5.32 Å². The lowest BCUT2D eigenvalue weighted by Gasteiger charge is -2.48. The summed E-state index contributed by atoms with van der Waals surface area (Å²) in [5, 5.41) is 90.4. The molecule has 0 aromatic carbocycles. The first-order valence-electron chi connectivity index (χ1n) is 7.60. The Balaban J connectivity index is 2.14. The molecular weight excluding hydrogens is 330 g/mol. The lowest BCUT2D eigenvalue weighted by Crippen LogP contribution is -2.71. The van der Waals surface area contributed by atoms with Crippen LogP contribution < -0.4 is 5.32 Å². The summed E-state index contributed by atoms with van der Waals surface area (Å²) in [5.74, 6) is 0. The minimum atomic E-state index is -2.10. The van der Waals surface area contributed by atoms with Crippen molar-refractivity contribution in [3.63, 3.8) is 0 Å². The fraction of sp³-hybridized carbons (Fsp3) is 1.00. The molecule has 24 heavy (non-hydrogen) atoms. The van der Waals surface area contributed by atoms with E-state index in [-0.39, 0.29) is 0 Å². The van der Waals surface area contributed by atoms with E-state index < -0.39 is 80.2 Å². The predicted molar refractivity (Wildman–Crippen MR) is 75.4 cm³/mol. The van der Waals surface area contributed by atoms with Crippen molar-refractivity contribution in [3.05, 3.63) is 0 Å². The standard InChI is InChI=1S/C13H25NO10/c15-2-5-8(18)9(19)6(12(22)24-5)14-4-1-13(23,3-16)11(21)10(20)7(4)17/h4-12,14-23H,1-3H2/t4-,5+,6+,7-,8+,9+,10+,11-,12?,13-/m0/s1. The van der Waals surface area contributed by atoms with Gasteiger partial charge in [-0.1, -0.05) is 0 Å². The highest BCUT2D eigenvalue weighted by molar-refractivity contribution is 5.06. The number of aliphatic hydroxyl groups is 9. The van der Waals surface area contributed by atoms with Gasteiger partial charge < -0.3 is 56.0 Å². The van der Waals surface area contributed by atoms with Crippen LogP contribution in [0, 0.1) is 0 Å². The van der Waals surface area contributed by atoms with Crippen LogP contribution in [-0.2, 0) is 4.74 Å². The van der Waals surface area contributed by atoms with Crippen LogP contribution in [0.5, 0.6) is 0 Å². The summed E-state index contributed by atoms with van der Waals surface area (Å²) in [6.45, 7) is -1.53.